The van der Waals surface area contributed by atoms with Crippen LogP contribution >= 0.6 is 0 Å². The van der Waals surface area contributed by atoms with E-state index in [1.165, 1.54) is 0 Å². The van der Waals surface area contributed by atoms with Crippen molar-refractivity contribution in [3.63, 3.8) is 0 Å². The van der Waals surface area contributed by atoms with E-state index in [0.29, 0.717) is 13.0 Å². The molecule has 72 valence electrons. The molecule has 4 nitrogen and oxygen atoms in total. The molecular weight excluding hydrogens is 156 g/mol. The molecule has 12 heavy (non-hydrogen) atoms. The highest BCUT2D eigenvalue weighted by Gasteiger charge is 2.09. The maximum atomic E-state index is 10.7. The first-order chi connectivity index (χ1) is 5.45. The molecule has 0 aromatic heterocycles. The van der Waals surface area contributed by atoms with E-state index in [0.717, 1.165) is 0 Å². The van der Waals surface area contributed by atoms with Crippen molar-refractivity contribution in [3.8, 4) is 0 Å². The fourth-order valence-electron chi connectivity index (χ4n) is 0.557. The quantitative estimate of drug-likeness (QED) is 0.480. The molecule has 0 saturated carbocycles. The summed E-state index contributed by atoms with van der Waals surface area (Å²) in [5, 5.41) is 2.53. The summed E-state index contributed by atoms with van der Waals surface area (Å²) in [5.41, 5.74) is 2.52. The number of nitrogens with one attached hydrogen (secondary N) is 2. The van der Waals surface area contributed by atoms with Crippen LogP contribution < -0.4 is 10.8 Å². The van der Waals surface area contributed by atoms with Gasteiger partial charge < -0.3 is 5.32 Å². The van der Waals surface area contributed by atoms with E-state index in [9.17, 15) is 4.79 Å². The first-order valence-corrected chi connectivity index (χ1v) is 4.07. The number of carbonyl (C=O) groups is 1. The maximum absolute atomic E-state index is 10.7. The number of amides is 1. The third-order valence-corrected chi connectivity index (χ3v) is 1.11. The van der Waals surface area contributed by atoms with Gasteiger partial charge in [-0.3, -0.25) is 9.63 Å². The van der Waals surface area contributed by atoms with Crippen LogP contribution in [0.25, 0.3) is 0 Å². The number of hydrogen-bond donors (Lipinski definition) is 2. The molecule has 0 rings (SSSR count). The van der Waals surface area contributed by atoms with E-state index in [1.54, 1.807) is 7.05 Å². The molecule has 0 aliphatic carbocycles. The second-order valence-corrected chi connectivity index (χ2v) is 3.53. The number of hydroxylamine groups is 1. The van der Waals surface area contributed by atoms with Crippen LogP contribution in [0.5, 0.6) is 0 Å². The Balaban J connectivity index is 3.28. The molecule has 0 atom stereocenters. The molecule has 0 heterocycles. The summed E-state index contributed by atoms with van der Waals surface area (Å²) >= 11 is 0. The van der Waals surface area contributed by atoms with E-state index in [-0.39, 0.29) is 11.5 Å². The van der Waals surface area contributed by atoms with Gasteiger partial charge in [-0.1, -0.05) is 0 Å². The van der Waals surface area contributed by atoms with Crippen molar-refractivity contribution >= 4 is 5.91 Å². The Kier molecular flexibility index (Phi) is 4.85. The number of hydrogen-bond acceptors (Lipinski definition) is 3. The molecule has 0 aliphatic rings. The lowest BCUT2D eigenvalue weighted by atomic mass is 10.2. The van der Waals surface area contributed by atoms with Crippen LogP contribution in [0.15, 0.2) is 0 Å². The molecule has 2 N–H and O–H groups in total. The summed E-state index contributed by atoms with van der Waals surface area (Å²) in [5.74, 6) is 0.0139. The van der Waals surface area contributed by atoms with Gasteiger partial charge in [0.1, 0.15) is 0 Å². The fourth-order valence-corrected chi connectivity index (χ4v) is 0.557. The van der Waals surface area contributed by atoms with Crippen molar-refractivity contribution in [3.05, 3.63) is 0 Å². The molecule has 0 saturated heterocycles. The van der Waals surface area contributed by atoms with Crippen molar-refractivity contribution < 1.29 is 9.63 Å². The van der Waals surface area contributed by atoms with Gasteiger partial charge in [-0.15, -0.1) is 0 Å². The lowest BCUT2D eigenvalue weighted by Crippen LogP contribution is -2.32. The van der Waals surface area contributed by atoms with Gasteiger partial charge >= 0.3 is 0 Å². The van der Waals surface area contributed by atoms with Crippen LogP contribution in [0, 0.1) is 0 Å². The van der Waals surface area contributed by atoms with Crippen molar-refractivity contribution in [2.45, 2.75) is 32.8 Å². The molecule has 0 aromatic rings. The van der Waals surface area contributed by atoms with Gasteiger partial charge in [-0.2, -0.15) is 0 Å². The van der Waals surface area contributed by atoms with Crippen molar-refractivity contribution in [1.29, 1.82) is 0 Å². The summed E-state index contributed by atoms with van der Waals surface area (Å²) in [6.07, 6.45) is 0.437. The Morgan fingerprint density at radius 2 is 2.00 bits per heavy atom. The topological polar surface area (TPSA) is 50.4 Å². The summed E-state index contributed by atoms with van der Waals surface area (Å²) in [7, 11) is 1.62. The molecule has 0 aromatic carbocycles. The Morgan fingerprint density at radius 1 is 1.42 bits per heavy atom. The highest BCUT2D eigenvalue weighted by Crippen LogP contribution is 2.02. The predicted molar refractivity (Wildman–Crippen MR) is 47.5 cm³/mol. The minimum atomic E-state index is -0.206. The summed E-state index contributed by atoms with van der Waals surface area (Å²) in [6, 6.07) is 0. The zero-order valence-electron chi connectivity index (χ0n) is 8.23. The van der Waals surface area contributed by atoms with Crippen molar-refractivity contribution in [2.75, 3.05) is 13.6 Å². The van der Waals surface area contributed by atoms with Crippen LogP contribution in [0.4, 0.5) is 0 Å². The second kappa shape index (κ2) is 5.11. The van der Waals surface area contributed by atoms with Crippen LogP contribution in [-0.4, -0.2) is 25.1 Å². The van der Waals surface area contributed by atoms with E-state index in [1.807, 2.05) is 20.8 Å². The fraction of sp³-hybridized carbons (Fsp3) is 0.875. The van der Waals surface area contributed by atoms with E-state index >= 15 is 0 Å². The molecule has 0 fully saturated rings. The average molecular weight is 174 g/mol. The van der Waals surface area contributed by atoms with Gasteiger partial charge in [-0.05, 0) is 20.8 Å². The standard InChI is InChI=1S/C8H18N2O2/c1-8(2,3)12-10-6-5-7(11)9-4/h10H,5-6H2,1-4H3,(H,9,11). The zero-order chi connectivity index (χ0) is 9.61. The van der Waals surface area contributed by atoms with Gasteiger partial charge in [-0.25, -0.2) is 5.48 Å². The highest BCUT2D eigenvalue weighted by molar-refractivity contribution is 5.75. The molecule has 0 aliphatic heterocycles. The van der Waals surface area contributed by atoms with Gasteiger partial charge in [0.25, 0.3) is 0 Å². The third kappa shape index (κ3) is 7.50. The van der Waals surface area contributed by atoms with Crippen LogP contribution in [0.1, 0.15) is 27.2 Å². The number of carbonyl (C=O) groups excluding carboxylic acids is 1. The minimum Gasteiger partial charge on any atom is -0.359 e. The smallest absolute Gasteiger partial charge is 0.221 e. The lowest BCUT2D eigenvalue weighted by molar-refractivity contribution is -0.122. The molecule has 0 bridgehead atoms. The highest BCUT2D eigenvalue weighted by atomic mass is 16.7. The Bertz CT molecular complexity index is 140. The Labute approximate surface area is 73.6 Å². The first kappa shape index (κ1) is 11.4. The monoisotopic (exact) mass is 174 g/mol. The SMILES string of the molecule is CNC(=O)CCNOC(C)(C)C. The summed E-state index contributed by atoms with van der Waals surface area (Å²) in [4.78, 5) is 15.9. The van der Waals surface area contributed by atoms with E-state index in [4.69, 9.17) is 4.84 Å². The Morgan fingerprint density at radius 3 is 2.42 bits per heavy atom. The van der Waals surface area contributed by atoms with E-state index < -0.39 is 0 Å². The van der Waals surface area contributed by atoms with E-state index in [2.05, 4.69) is 10.8 Å². The normalized spacial score (nSPS) is 11.3. The Hall–Kier alpha value is -0.610. The predicted octanol–water partition coefficient (Wildman–Crippen LogP) is 0.442. The lowest BCUT2D eigenvalue weighted by Gasteiger charge is -2.18. The second-order valence-electron chi connectivity index (χ2n) is 3.53. The van der Waals surface area contributed by atoms with Gasteiger partial charge in [0.15, 0.2) is 0 Å². The van der Waals surface area contributed by atoms with Gasteiger partial charge in [0.2, 0.25) is 5.91 Å². The average Bonchev–Trinajstić information content (AvgIpc) is 1.96. The van der Waals surface area contributed by atoms with Crippen molar-refractivity contribution in [1.82, 2.24) is 10.8 Å². The van der Waals surface area contributed by atoms with Crippen molar-refractivity contribution in [2.24, 2.45) is 0 Å². The molecular formula is C8H18N2O2. The largest absolute Gasteiger partial charge is 0.359 e. The molecule has 1 amide bonds. The minimum absolute atomic E-state index is 0.0139. The van der Waals surface area contributed by atoms with Gasteiger partial charge in [0, 0.05) is 20.0 Å². The molecule has 4 heteroatoms. The molecule has 0 spiro atoms. The van der Waals surface area contributed by atoms with Crippen LogP contribution in [-0.2, 0) is 9.63 Å². The van der Waals surface area contributed by atoms with Crippen LogP contribution in [0.3, 0.4) is 0 Å². The zero-order valence-corrected chi connectivity index (χ0v) is 8.23. The number of rotatable bonds is 4. The molecule has 0 radical (unpaired) electrons. The summed E-state index contributed by atoms with van der Waals surface area (Å²) in [6.45, 7) is 6.37. The third-order valence-electron chi connectivity index (χ3n) is 1.11. The summed E-state index contributed by atoms with van der Waals surface area (Å²) < 4.78 is 0. The molecule has 0 unspecified atom stereocenters. The van der Waals surface area contributed by atoms with Gasteiger partial charge in [0.05, 0.1) is 5.60 Å². The van der Waals surface area contributed by atoms with Crippen LogP contribution in [0.2, 0.25) is 0 Å². The first-order valence-electron chi connectivity index (χ1n) is 4.07. The maximum Gasteiger partial charge on any atom is 0.221 e.